The number of nitrogens with zero attached hydrogens (tertiary/aromatic N) is 2. The van der Waals surface area contributed by atoms with E-state index in [0.29, 0.717) is 11.4 Å². The number of benzene rings is 2. The fourth-order valence-corrected chi connectivity index (χ4v) is 3.24. The summed E-state index contributed by atoms with van der Waals surface area (Å²) < 4.78 is 7.70. The highest BCUT2D eigenvalue weighted by Crippen LogP contribution is 2.22. The standard InChI is InChI=1S/C21H20BrN3O3/c1-14-21(15(2)25(24-14)17-9-4-3-5-10-17)23-19(26)13-28-20(27)12-16-8-6-7-11-18(16)22/h3-11H,12-13H2,1-2H3,(H,23,26). The van der Waals surface area contributed by atoms with Crippen LogP contribution in [0.5, 0.6) is 0 Å². The summed E-state index contributed by atoms with van der Waals surface area (Å²) in [6.45, 7) is 3.35. The van der Waals surface area contributed by atoms with Crippen molar-refractivity contribution in [3.8, 4) is 5.69 Å². The maximum absolute atomic E-state index is 12.3. The highest BCUT2D eigenvalue weighted by molar-refractivity contribution is 9.10. The lowest BCUT2D eigenvalue weighted by atomic mass is 10.2. The number of carbonyl (C=O) groups excluding carboxylic acids is 2. The molecule has 0 fully saturated rings. The number of hydrogen-bond acceptors (Lipinski definition) is 4. The van der Waals surface area contributed by atoms with E-state index in [1.165, 1.54) is 0 Å². The summed E-state index contributed by atoms with van der Waals surface area (Å²) in [7, 11) is 0. The average Bonchev–Trinajstić information content (AvgIpc) is 2.97. The number of aryl methyl sites for hydroxylation is 1. The second-order valence-electron chi connectivity index (χ2n) is 6.27. The summed E-state index contributed by atoms with van der Waals surface area (Å²) in [5.74, 6) is -0.866. The average molecular weight is 442 g/mol. The zero-order chi connectivity index (χ0) is 20.1. The Balaban J connectivity index is 1.60. The van der Waals surface area contributed by atoms with Crippen LogP contribution < -0.4 is 5.32 Å². The van der Waals surface area contributed by atoms with Crippen LogP contribution in [-0.4, -0.2) is 28.3 Å². The second kappa shape index (κ2) is 8.84. The van der Waals surface area contributed by atoms with Gasteiger partial charge in [0.15, 0.2) is 6.61 Å². The number of esters is 1. The molecule has 0 spiro atoms. The summed E-state index contributed by atoms with van der Waals surface area (Å²) in [6.07, 6.45) is 0.0959. The van der Waals surface area contributed by atoms with Crippen molar-refractivity contribution in [1.82, 2.24) is 9.78 Å². The van der Waals surface area contributed by atoms with Crippen molar-refractivity contribution in [1.29, 1.82) is 0 Å². The Hall–Kier alpha value is -2.93. The minimum Gasteiger partial charge on any atom is -0.455 e. The predicted octanol–water partition coefficient (Wildman–Crippen LogP) is 3.98. The molecule has 1 N–H and O–H groups in total. The summed E-state index contributed by atoms with van der Waals surface area (Å²) in [5.41, 5.74) is 3.83. The third-order valence-electron chi connectivity index (χ3n) is 4.21. The molecule has 0 aliphatic carbocycles. The smallest absolute Gasteiger partial charge is 0.310 e. The number of ether oxygens (including phenoxy) is 1. The minimum atomic E-state index is -0.463. The van der Waals surface area contributed by atoms with Crippen LogP contribution in [0.25, 0.3) is 5.69 Å². The largest absolute Gasteiger partial charge is 0.455 e. The summed E-state index contributed by atoms with van der Waals surface area (Å²) in [5, 5.41) is 7.27. The van der Waals surface area contributed by atoms with Crippen LogP contribution in [0.3, 0.4) is 0 Å². The monoisotopic (exact) mass is 441 g/mol. The normalized spacial score (nSPS) is 10.5. The molecule has 7 heteroatoms. The molecule has 144 valence electrons. The zero-order valence-corrected chi connectivity index (χ0v) is 17.2. The van der Waals surface area contributed by atoms with Gasteiger partial charge in [-0.15, -0.1) is 0 Å². The van der Waals surface area contributed by atoms with E-state index in [0.717, 1.165) is 21.4 Å². The predicted molar refractivity (Wildman–Crippen MR) is 110 cm³/mol. The lowest BCUT2D eigenvalue weighted by Gasteiger charge is -2.08. The van der Waals surface area contributed by atoms with Crippen molar-refractivity contribution < 1.29 is 14.3 Å². The van der Waals surface area contributed by atoms with Gasteiger partial charge in [0.05, 0.1) is 29.2 Å². The van der Waals surface area contributed by atoms with Gasteiger partial charge in [0.2, 0.25) is 0 Å². The van der Waals surface area contributed by atoms with E-state index in [2.05, 4.69) is 26.3 Å². The van der Waals surface area contributed by atoms with Gasteiger partial charge < -0.3 is 10.1 Å². The number of halogens is 1. The van der Waals surface area contributed by atoms with Crippen molar-refractivity contribution >= 4 is 33.5 Å². The number of hydrogen-bond donors (Lipinski definition) is 1. The minimum absolute atomic E-state index is 0.0959. The molecular weight excluding hydrogens is 422 g/mol. The molecule has 6 nitrogen and oxygen atoms in total. The molecule has 0 aliphatic rings. The number of para-hydroxylation sites is 1. The van der Waals surface area contributed by atoms with Crippen molar-refractivity contribution in [3.05, 3.63) is 76.0 Å². The lowest BCUT2D eigenvalue weighted by molar-refractivity contribution is -0.146. The Labute approximate surface area is 171 Å². The van der Waals surface area contributed by atoms with E-state index in [1.807, 2.05) is 68.4 Å². The molecule has 0 saturated carbocycles. The molecule has 2 aromatic carbocycles. The number of nitrogens with one attached hydrogen (secondary N) is 1. The van der Waals surface area contributed by atoms with Gasteiger partial charge in [0.1, 0.15) is 0 Å². The van der Waals surface area contributed by atoms with Gasteiger partial charge in [-0.1, -0.05) is 52.3 Å². The number of carbonyl (C=O) groups is 2. The fourth-order valence-electron chi connectivity index (χ4n) is 2.81. The maximum Gasteiger partial charge on any atom is 0.310 e. The topological polar surface area (TPSA) is 73.2 Å². The number of amides is 1. The molecular formula is C21H20BrN3O3. The van der Waals surface area contributed by atoms with Crippen molar-refractivity contribution in [2.45, 2.75) is 20.3 Å². The van der Waals surface area contributed by atoms with Crippen LogP contribution in [0, 0.1) is 13.8 Å². The summed E-state index contributed by atoms with van der Waals surface area (Å²) in [4.78, 5) is 24.3. The lowest BCUT2D eigenvalue weighted by Crippen LogP contribution is -2.22. The molecule has 0 saturated heterocycles. The third kappa shape index (κ3) is 4.67. The molecule has 1 amide bonds. The van der Waals surface area contributed by atoms with E-state index >= 15 is 0 Å². The first-order chi connectivity index (χ1) is 13.5. The van der Waals surface area contributed by atoms with Crippen LogP contribution in [0.4, 0.5) is 5.69 Å². The van der Waals surface area contributed by atoms with E-state index in [9.17, 15) is 9.59 Å². The van der Waals surface area contributed by atoms with Gasteiger partial charge in [0.25, 0.3) is 5.91 Å². The zero-order valence-electron chi connectivity index (χ0n) is 15.6. The first kappa shape index (κ1) is 19.8. The highest BCUT2D eigenvalue weighted by Gasteiger charge is 2.16. The van der Waals surface area contributed by atoms with Crippen LogP contribution in [-0.2, 0) is 20.7 Å². The number of rotatable bonds is 6. The van der Waals surface area contributed by atoms with E-state index in [-0.39, 0.29) is 13.0 Å². The molecule has 0 bridgehead atoms. The molecule has 28 heavy (non-hydrogen) atoms. The SMILES string of the molecule is Cc1nn(-c2ccccc2)c(C)c1NC(=O)COC(=O)Cc1ccccc1Br. The van der Waals surface area contributed by atoms with Gasteiger partial charge in [-0.2, -0.15) is 5.10 Å². The first-order valence-electron chi connectivity index (χ1n) is 8.76. The summed E-state index contributed by atoms with van der Waals surface area (Å²) >= 11 is 3.39. The van der Waals surface area contributed by atoms with Crippen LogP contribution >= 0.6 is 15.9 Å². The third-order valence-corrected chi connectivity index (χ3v) is 4.99. The Morgan fingerprint density at radius 3 is 2.46 bits per heavy atom. The maximum atomic E-state index is 12.3. The molecule has 1 aromatic heterocycles. The van der Waals surface area contributed by atoms with Crippen LogP contribution in [0.15, 0.2) is 59.1 Å². The van der Waals surface area contributed by atoms with Gasteiger partial charge in [-0.05, 0) is 37.6 Å². The Kier molecular flexibility index (Phi) is 6.26. The first-order valence-corrected chi connectivity index (χ1v) is 9.55. The molecule has 3 rings (SSSR count). The number of aromatic nitrogens is 2. The van der Waals surface area contributed by atoms with Crippen molar-refractivity contribution in [3.63, 3.8) is 0 Å². The quantitative estimate of drug-likeness (QED) is 0.587. The number of anilines is 1. The Morgan fingerprint density at radius 2 is 1.75 bits per heavy atom. The van der Waals surface area contributed by atoms with Crippen molar-refractivity contribution in [2.75, 3.05) is 11.9 Å². The van der Waals surface area contributed by atoms with Crippen LogP contribution in [0.1, 0.15) is 17.0 Å². The molecule has 0 unspecified atom stereocenters. The second-order valence-corrected chi connectivity index (χ2v) is 7.12. The molecule has 3 aromatic rings. The van der Waals surface area contributed by atoms with E-state index in [1.54, 1.807) is 4.68 Å². The Morgan fingerprint density at radius 1 is 1.07 bits per heavy atom. The summed E-state index contributed by atoms with van der Waals surface area (Å²) in [6, 6.07) is 17.1. The van der Waals surface area contributed by atoms with E-state index in [4.69, 9.17) is 4.74 Å². The molecule has 0 atom stereocenters. The van der Waals surface area contributed by atoms with Gasteiger partial charge in [-0.3, -0.25) is 9.59 Å². The fraction of sp³-hybridized carbons (Fsp3) is 0.190. The van der Waals surface area contributed by atoms with Crippen LogP contribution in [0.2, 0.25) is 0 Å². The van der Waals surface area contributed by atoms with Gasteiger partial charge >= 0.3 is 5.97 Å². The molecule has 0 aliphatic heterocycles. The Bertz CT molecular complexity index is 999. The molecule has 1 heterocycles. The van der Waals surface area contributed by atoms with Gasteiger partial charge in [-0.25, -0.2) is 4.68 Å². The van der Waals surface area contributed by atoms with Crippen molar-refractivity contribution in [2.24, 2.45) is 0 Å². The van der Waals surface area contributed by atoms with E-state index < -0.39 is 11.9 Å². The van der Waals surface area contributed by atoms with Gasteiger partial charge in [0, 0.05) is 4.47 Å². The highest BCUT2D eigenvalue weighted by atomic mass is 79.9. The molecule has 0 radical (unpaired) electrons.